The topological polar surface area (TPSA) is 79.8 Å². The second-order valence-corrected chi connectivity index (χ2v) is 12.5. The summed E-state index contributed by atoms with van der Waals surface area (Å²) in [4.78, 5) is 21.5. The molecule has 2 bridgehead atoms. The monoisotopic (exact) mass is 602 g/mol. The Morgan fingerprint density at radius 2 is 1.75 bits per heavy atom. The van der Waals surface area contributed by atoms with Crippen LogP contribution in [0.2, 0.25) is 0 Å². The summed E-state index contributed by atoms with van der Waals surface area (Å²) < 4.78 is 54.9. The van der Waals surface area contributed by atoms with E-state index in [9.17, 15) is 4.79 Å². The third-order valence-electron chi connectivity index (χ3n) is 9.55. The number of carbonyl (C=O) groups excluding carboxylic acids is 1. The van der Waals surface area contributed by atoms with Crippen LogP contribution in [-0.4, -0.2) is 43.1 Å². The van der Waals surface area contributed by atoms with E-state index >= 15 is 8.78 Å². The van der Waals surface area contributed by atoms with Crippen molar-refractivity contribution in [3.63, 3.8) is 0 Å². The minimum Gasteiger partial charge on any atom is -0.468 e. The molecule has 0 N–H and O–H groups in total. The molecular weight excluding hydrogens is 566 g/mol. The van der Waals surface area contributed by atoms with Gasteiger partial charge in [0.1, 0.15) is 17.1 Å². The number of aromatic nitrogens is 2. The van der Waals surface area contributed by atoms with Crippen molar-refractivity contribution in [2.45, 2.75) is 51.4 Å². The maximum Gasteiger partial charge on any atom is 0.317 e. The number of esters is 1. The molecule has 0 saturated heterocycles. The van der Waals surface area contributed by atoms with Crippen molar-refractivity contribution in [1.29, 1.82) is 0 Å². The summed E-state index contributed by atoms with van der Waals surface area (Å²) in [6.45, 7) is 2.34. The highest BCUT2D eigenvalue weighted by atomic mass is 19.1. The maximum absolute atomic E-state index is 16.8. The molecule has 3 aliphatic rings. The molecular formula is C35H36F2N2O5. The highest BCUT2D eigenvalue weighted by Gasteiger charge is 2.45. The zero-order chi connectivity index (χ0) is 30.4. The number of fused-ring (bicyclic) bond motifs is 4. The average molecular weight is 603 g/mol. The van der Waals surface area contributed by atoms with Crippen LogP contribution in [0.1, 0.15) is 57.1 Å². The van der Waals surface area contributed by atoms with Crippen LogP contribution in [0.25, 0.3) is 32.8 Å². The van der Waals surface area contributed by atoms with Crippen LogP contribution in [0, 0.1) is 35.3 Å². The Balaban J connectivity index is 1.33. The normalized spacial score (nSPS) is 24.0. The first-order chi connectivity index (χ1) is 21.4. The summed E-state index contributed by atoms with van der Waals surface area (Å²) in [5.74, 6) is -0.189. The fourth-order valence-electron chi connectivity index (χ4n) is 7.40. The molecule has 0 spiro atoms. The first-order valence-electron chi connectivity index (χ1n) is 15.6. The Labute approximate surface area is 254 Å². The number of ether oxygens (including phenoxy) is 4. The van der Waals surface area contributed by atoms with E-state index in [0.29, 0.717) is 52.6 Å². The Bertz CT molecular complexity index is 1720. The molecule has 3 fully saturated rings. The minimum atomic E-state index is -0.767. The molecule has 7 rings (SSSR count). The lowest BCUT2D eigenvalue weighted by atomic mass is 9.78. The van der Waals surface area contributed by atoms with Crippen molar-refractivity contribution >= 4 is 27.6 Å². The second kappa shape index (κ2) is 11.9. The van der Waals surface area contributed by atoms with Crippen molar-refractivity contribution < 1.29 is 32.5 Å². The van der Waals surface area contributed by atoms with Crippen LogP contribution >= 0.6 is 0 Å². The molecule has 44 heavy (non-hydrogen) atoms. The van der Waals surface area contributed by atoms with E-state index in [1.165, 1.54) is 32.4 Å². The van der Waals surface area contributed by atoms with Gasteiger partial charge in [-0.2, -0.15) is 9.97 Å². The highest BCUT2D eigenvalue weighted by Crippen LogP contribution is 2.50. The lowest BCUT2D eigenvalue weighted by Crippen LogP contribution is -2.17. The van der Waals surface area contributed by atoms with Crippen LogP contribution in [0.3, 0.4) is 0 Å². The van der Waals surface area contributed by atoms with E-state index < -0.39 is 11.6 Å². The Morgan fingerprint density at radius 3 is 2.52 bits per heavy atom. The molecule has 9 heteroatoms. The zero-order valence-electron chi connectivity index (χ0n) is 25.0. The molecule has 3 aromatic carbocycles. The van der Waals surface area contributed by atoms with Crippen LogP contribution in [-0.2, 0) is 14.3 Å². The van der Waals surface area contributed by atoms with Gasteiger partial charge < -0.3 is 18.9 Å². The standard InChI is InChI=1S/C35H36F2N2O5/c1-3-42-34(40)26-14-23(26)17-43-35-38-32(22-11-19-8-9-20(10-19)12-22)28-16-29(36)30(31(37)33(28)39-35)27-15-24(44-18-41-2)13-21-6-4-5-7-25(21)27/h4-7,13,15-16,19-20,22-23,26H,3,8-12,14,17-18H2,1-2H3. The van der Waals surface area contributed by atoms with Gasteiger partial charge in [0.05, 0.1) is 30.4 Å². The summed E-state index contributed by atoms with van der Waals surface area (Å²) >= 11 is 0. The van der Waals surface area contributed by atoms with E-state index in [1.54, 1.807) is 13.0 Å². The lowest BCUT2D eigenvalue weighted by molar-refractivity contribution is -0.145. The minimum absolute atomic E-state index is 0.000850. The molecule has 7 nitrogen and oxygen atoms in total. The van der Waals surface area contributed by atoms with Crippen molar-refractivity contribution in [3.05, 3.63) is 59.8 Å². The average Bonchev–Trinajstić information content (AvgIpc) is 3.74. The molecule has 0 amide bonds. The molecule has 4 aromatic rings. The first-order valence-corrected chi connectivity index (χ1v) is 15.6. The number of carbonyl (C=O) groups is 1. The molecule has 1 heterocycles. The van der Waals surface area contributed by atoms with E-state index in [0.717, 1.165) is 18.2 Å². The molecule has 0 aliphatic heterocycles. The molecule has 4 unspecified atom stereocenters. The van der Waals surface area contributed by atoms with Gasteiger partial charge in [-0.15, -0.1) is 0 Å². The Kier molecular flexibility index (Phi) is 7.83. The van der Waals surface area contributed by atoms with Gasteiger partial charge in [-0.1, -0.05) is 37.1 Å². The second-order valence-electron chi connectivity index (χ2n) is 12.5. The summed E-state index contributed by atoms with van der Waals surface area (Å²) in [5.41, 5.74) is 0.857. The van der Waals surface area contributed by atoms with E-state index in [1.807, 2.05) is 30.3 Å². The van der Waals surface area contributed by atoms with Gasteiger partial charge in [0.25, 0.3) is 0 Å². The van der Waals surface area contributed by atoms with Crippen LogP contribution in [0.4, 0.5) is 8.78 Å². The van der Waals surface area contributed by atoms with E-state index in [-0.39, 0.29) is 54.2 Å². The van der Waals surface area contributed by atoms with Crippen LogP contribution < -0.4 is 9.47 Å². The van der Waals surface area contributed by atoms with Gasteiger partial charge in [-0.3, -0.25) is 4.79 Å². The third-order valence-corrected chi connectivity index (χ3v) is 9.55. The molecule has 4 atom stereocenters. The first kappa shape index (κ1) is 28.9. The number of methoxy groups -OCH3 is 1. The number of nitrogens with zero attached hydrogens (tertiary/aromatic N) is 2. The van der Waals surface area contributed by atoms with E-state index in [4.69, 9.17) is 23.9 Å². The SMILES string of the molecule is CCOC(=O)C1CC1COc1nc(C2CC3CCC(C3)C2)c2cc(F)c(-c3cc(OCOC)cc4ccccc34)c(F)c2n1. The summed E-state index contributed by atoms with van der Waals surface area (Å²) in [6, 6.07) is 12.3. The zero-order valence-corrected chi connectivity index (χ0v) is 25.0. The number of halogens is 2. The van der Waals surface area contributed by atoms with Gasteiger partial charge >= 0.3 is 12.0 Å². The van der Waals surface area contributed by atoms with Crippen LogP contribution in [0.5, 0.6) is 11.8 Å². The smallest absolute Gasteiger partial charge is 0.317 e. The Morgan fingerprint density at radius 1 is 0.955 bits per heavy atom. The number of hydrogen-bond donors (Lipinski definition) is 0. The van der Waals surface area contributed by atoms with Crippen molar-refractivity contribution in [2.75, 3.05) is 27.1 Å². The quantitative estimate of drug-likeness (QED) is 0.137. The van der Waals surface area contributed by atoms with E-state index in [2.05, 4.69) is 4.98 Å². The van der Waals surface area contributed by atoms with Gasteiger partial charge in [0.2, 0.25) is 0 Å². The van der Waals surface area contributed by atoms with Gasteiger partial charge in [0, 0.05) is 24.3 Å². The molecule has 230 valence electrons. The fourth-order valence-corrected chi connectivity index (χ4v) is 7.40. The fraction of sp³-hybridized carbons (Fsp3) is 0.457. The van der Waals surface area contributed by atoms with Crippen molar-refractivity contribution in [2.24, 2.45) is 23.7 Å². The summed E-state index contributed by atoms with van der Waals surface area (Å²) in [7, 11) is 1.51. The predicted molar refractivity (Wildman–Crippen MR) is 161 cm³/mol. The largest absolute Gasteiger partial charge is 0.468 e. The van der Waals surface area contributed by atoms with Gasteiger partial charge in [-0.05, 0) is 79.0 Å². The number of hydrogen-bond acceptors (Lipinski definition) is 7. The predicted octanol–water partition coefficient (Wildman–Crippen LogP) is 7.58. The molecule has 0 radical (unpaired) electrons. The molecule has 3 saturated carbocycles. The molecule has 1 aromatic heterocycles. The van der Waals surface area contributed by atoms with Crippen molar-refractivity contribution in [1.82, 2.24) is 9.97 Å². The number of rotatable bonds is 10. The van der Waals surface area contributed by atoms with Gasteiger partial charge in [0.15, 0.2) is 12.6 Å². The van der Waals surface area contributed by atoms with Crippen molar-refractivity contribution in [3.8, 4) is 22.9 Å². The lowest BCUT2D eigenvalue weighted by Gasteiger charge is -2.28. The Hall–Kier alpha value is -3.85. The molecule has 3 aliphatic carbocycles. The summed E-state index contributed by atoms with van der Waals surface area (Å²) in [6.07, 6.45) is 6.12. The summed E-state index contributed by atoms with van der Waals surface area (Å²) in [5, 5.41) is 1.85. The third kappa shape index (κ3) is 5.47. The number of benzene rings is 3. The maximum atomic E-state index is 16.8. The van der Waals surface area contributed by atoms with Crippen LogP contribution in [0.15, 0.2) is 42.5 Å². The highest BCUT2D eigenvalue weighted by molar-refractivity contribution is 6.00. The van der Waals surface area contributed by atoms with Gasteiger partial charge in [-0.25, -0.2) is 8.78 Å².